The van der Waals surface area contributed by atoms with Crippen LogP contribution in [0.5, 0.6) is 0 Å². The van der Waals surface area contributed by atoms with Crippen LogP contribution in [0.25, 0.3) is 0 Å². The zero-order valence-corrected chi connectivity index (χ0v) is 10.3. The van der Waals surface area contributed by atoms with Crippen molar-refractivity contribution in [3.63, 3.8) is 0 Å². The second kappa shape index (κ2) is 5.58. The molecule has 1 amide bonds. The third-order valence-electron chi connectivity index (χ3n) is 2.40. The molecular formula is C11H17N3O3. The molecule has 6 heteroatoms. The van der Waals surface area contributed by atoms with Crippen molar-refractivity contribution in [2.45, 2.75) is 19.9 Å². The third-order valence-corrected chi connectivity index (χ3v) is 2.40. The summed E-state index contributed by atoms with van der Waals surface area (Å²) in [7, 11) is 1.49. The van der Waals surface area contributed by atoms with Gasteiger partial charge in [0.2, 0.25) is 0 Å². The van der Waals surface area contributed by atoms with E-state index in [1.54, 1.807) is 0 Å². The highest BCUT2D eigenvalue weighted by atomic mass is 16.3. The summed E-state index contributed by atoms with van der Waals surface area (Å²) in [5, 5.41) is 12.8. The maximum Gasteiger partial charge on any atom is 0.274 e. The van der Waals surface area contributed by atoms with E-state index < -0.39 is 0 Å². The van der Waals surface area contributed by atoms with Gasteiger partial charge in [0, 0.05) is 25.7 Å². The van der Waals surface area contributed by atoms with Gasteiger partial charge in [-0.25, -0.2) is 4.68 Å². The van der Waals surface area contributed by atoms with Gasteiger partial charge in [-0.1, -0.05) is 0 Å². The number of carbonyl (C=O) groups is 1. The lowest BCUT2D eigenvalue weighted by Gasteiger charge is -2.25. The summed E-state index contributed by atoms with van der Waals surface area (Å²) >= 11 is 0. The van der Waals surface area contributed by atoms with Gasteiger partial charge < -0.3 is 10.0 Å². The van der Waals surface area contributed by atoms with Gasteiger partial charge in [-0.15, -0.1) is 0 Å². The fourth-order valence-electron chi connectivity index (χ4n) is 1.47. The number of hydrogen-bond acceptors (Lipinski definition) is 4. The Bertz CT molecular complexity index is 454. The van der Waals surface area contributed by atoms with E-state index in [0.717, 1.165) is 4.68 Å². The summed E-state index contributed by atoms with van der Waals surface area (Å²) in [6.45, 7) is 3.86. The van der Waals surface area contributed by atoms with E-state index in [0.29, 0.717) is 0 Å². The van der Waals surface area contributed by atoms with Crippen molar-refractivity contribution in [3.8, 4) is 0 Å². The highest BCUT2D eigenvalue weighted by molar-refractivity contribution is 5.92. The van der Waals surface area contributed by atoms with Crippen molar-refractivity contribution >= 4 is 5.91 Å². The Morgan fingerprint density at radius 3 is 2.65 bits per heavy atom. The summed E-state index contributed by atoms with van der Waals surface area (Å²) in [6, 6.07) is 2.67. The van der Waals surface area contributed by atoms with Crippen molar-refractivity contribution in [2.24, 2.45) is 7.05 Å². The molecule has 0 atom stereocenters. The minimum absolute atomic E-state index is 0.0336. The molecular weight excluding hydrogens is 222 g/mol. The van der Waals surface area contributed by atoms with Gasteiger partial charge in [-0.3, -0.25) is 9.59 Å². The predicted molar refractivity (Wildman–Crippen MR) is 62.7 cm³/mol. The molecule has 1 rings (SSSR count). The van der Waals surface area contributed by atoms with Crippen LogP contribution < -0.4 is 5.56 Å². The number of rotatable bonds is 4. The average Bonchev–Trinajstić information content (AvgIpc) is 2.28. The number of aryl methyl sites for hydroxylation is 1. The predicted octanol–water partition coefficient (Wildman–Crippen LogP) is -0.377. The standard InChI is InChI=1S/C11H17N3O3/c1-8(2)14(6-7-15)11(17)9-4-5-10(16)13(3)12-9/h4-5,8,15H,6-7H2,1-3H3. The van der Waals surface area contributed by atoms with Gasteiger partial charge in [0.05, 0.1) is 6.61 Å². The summed E-state index contributed by atoms with van der Waals surface area (Å²) in [5.41, 5.74) is -0.0611. The SMILES string of the molecule is CC(C)N(CCO)C(=O)c1ccc(=O)n(C)n1. The molecule has 0 radical (unpaired) electrons. The van der Waals surface area contributed by atoms with Crippen LogP contribution in [-0.4, -0.2) is 44.9 Å². The minimum Gasteiger partial charge on any atom is -0.395 e. The van der Waals surface area contributed by atoms with E-state index in [-0.39, 0.29) is 36.4 Å². The fraction of sp³-hybridized carbons (Fsp3) is 0.545. The van der Waals surface area contributed by atoms with Crippen LogP contribution in [0.1, 0.15) is 24.3 Å². The molecule has 0 aliphatic heterocycles. The maximum absolute atomic E-state index is 12.1. The molecule has 0 bridgehead atoms. The van der Waals surface area contributed by atoms with Gasteiger partial charge >= 0.3 is 0 Å². The summed E-state index contributed by atoms with van der Waals surface area (Å²) in [5.74, 6) is -0.287. The van der Waals surface area contributed by atoms with Crippen molar-refractivity contribution in [1.29, 1.82) is 0 Å². The Hall–Kier alpha value is -1.69. The minimum atomic E-state index is -0.287. The van der Waals surface area contributed by atoms with Crippen LogP contribution in [-0.2, 0) is 7.05 Å². The van der Waals surface area contributed by atoms with Crippen LogP contribution >= 0.6 is 0 Å². The van der Waals surface area contributed by atoms with Crippen LogP contribution in [0.2, 0.25) is 0 Å². The lowest BCUT2D eigenvalue weighted by molar-refractivity contribution is 0.0656. The number of carbonyl (C=O) groups excluding carboxylic acids is 1. The Balaban J connectivity index is 3.01. The molecule has 0 fully saturated rings. The largest absolute Gasteiger partial charge is 0.395 e. The number of hydrogen-bond donors (Lipinski definition) is 1. The third kappa shape index (κ3) is 3.13. The summed E-state index contributed by atoms with van der Waals surface area (Å²) < 4.78 is 1.12. The normalized spacial score (nSPS) is 10.6. The molecule has 94 valence electrons. The second-order valence-electron chi connectivity index (χ2n) is 4.00. The number of aromatic nitrogens is 2. The second-order valence-corrected chi connectivity index (χ2v) is 4.00. The van der Waals surface area contributed by atoms with Crippen molar-refractivity contribution < 1.29 is 9.90 Å². The molecule has 1 aromatic heterocycles. The number of amides is 1. The maximum atomic E-state index is 12.1. The first-order valence-electron chi connectivity index (χ1n) is 5.43. The molecule has 1 N–H and O–H groups in total. The first-order valence-corrected chi connectivity index (χ1v) is 5.43. The number of aliphatic hydroxyl groups excluding tert-OH is 1. The molecule has 0 aliphatic carbocycles. The molecule has 1 aromatic rings. The Morgan fingerprint density at radius 1 is 1.53 bits per heavy atom. The molecule has 0 aliphatic rings. The summed E-state index contributed by atoms with van der Waals surface area (Å²) in [4.78, 5) is 24.7. The van der Waals surface area contributed by atoms with Crippen molar-refractivity contribution in [3.05, 3.63) is 28.2 Å². The van der Waals surface area contributed by atoms with E-state index in [4.69, 9.17) is 5.11 Å². The Labute approximate surface area is 99.5 Å². The van der Waals surface area contributed by atoms with E-state index in [9.17, 15) is 9.59 Å². The Morgan fingerprint density at radius 2 is 2.18 bits per heavy atom. The topological polar surface area (TPSA) is 75.4 Å². The van der Waals surface area contributed by atoms with Crippen molar-refractivity contribution in [2.75, 3.05) is 13.2 Å². The number of nitrogens with zero attached hydrogens (tertiary/aromatic N) is 3. The highest BCUT2D eigenvalue weighted by Gasteiger charge is 2.19. The first kappa shape index (κ1) is 13.4. The van der Waals surface area contributed by atoms with E-state index in [1.807, 2.05) is 13.8 Å². The first-order chi connectivity index (χ1) is 7.97. The molecule has 0 unspecified atom stereocenters. The summed E-state index contributed by atoms with van der Waals surface area (Å²) in [6.07, 6.45) is 0. The molecule has 6 nitrogen and oxygen atoms in total. The fourth-order valence-corrected chi connectivity index (χ4v) is 1.47. The van der Waals surface area contributed by atoms with E-state index in [2.05, 4.69) is 5.10 Å². The van der Waals surface area contributed by atoms with Crippen molar-refractivity contribution in [1.82, 2.24) is 14.7 Å². The van der Waals surface area contributed by atoms with Gasteiger partial charge in [0.25, 0.3) is 11.5 Å². The zero-order valence-electron chi connectivity index (χ0n) is 10.3. The molecule has 0 saturated heterocycles. The quantitative estimate of drug-likeness (QED) is 0.777. The van der Waals surface area contributed by atoms with Crippen LogP contribution in [0.15, 0.2) is 16.9 Å². The van der Waals surface area contributed by atoms with Gasteiger partial charge in [-0.2, -0.15) is 5.10 Å². The lowest BCUT2D eigenvalue weighted by Crippen LogP contribution is -2.40. The molecule has 0 aromatic carbocycles. The molecule has 17 heavy (non-hydrogen) atoms. The Kier molecular flexibility index (Phi) is 4.39. The molecule has 0 spiro atoms. The molecule has 1 heterocycles. The zero-order chi connectivity index (χ0) is 13.0. The highest BCUT2D eigenvalue weighted by Crippen LogP contribution is 2.04. The molecule has 0 saturated carbocycles. The average molecular weight is 239 g/mol. The smallest absolute Gasteiger partial charge is 0.274 e. The van der Waals surface area contributed by atoms with Gasteiger partial charge in [0.1, 0.15) is 5.69 Å². The van der Waals surface area contributed by atoms with E-state index >= 15 is 0 Å². The van der Waals surface area contributed by atoms with Crippen LogP contribution in [0, 0.1) is 0 Å². The van der Waals surface area contributed by atoms with Crippen LogP contribution in [0.3, 0.4) is 0 Å². The number of aliphatic hydroxyl groups is 1. The van der Waals surface area contributed by atoms with Crippen LogP contribution in [0.4, 0.5) is 0 Å². The van der Waals surface area contributed by atoms with E-state index in [1.165, 1.54) is 24.1 Å². The lowest BCUT2D eigenvalue weighted by atomic mass is 10.2. The monoisotopic (exact) mass is 239 g/mol. The van der Waals surface area contributed by atoms with Gasteiger partial charge in [-0.05, 0) is 19.9 Å². The van der Waals surface area contributed by atoms with Gasteiger partial charge in [0.15, 0.2) is 0 Å².